The second-order valence-electron chi connectivity index (χ2n) is 3.33. The topological polar surface area (TPSA) is 63.8 Å². The van der Waals surface area contributed by atoms with Crippen molar-refractivity contribution in [3.63, 3.8) is 0 Å². The quantitative estimate of drug-likeness (QED) is 0.785. The van der Waals surface area contributed by atoms with Crippen LogP contribution in [0.3, 0.4) is 0 Å². The highest BCUT2D eigenvalue weighted by molar-refractivity contribution is 6.28. The van der Waals surface area contributed by atoms with Gasteiger partial charge < -0.3 is 11.1 Å². The molecule has 1 aromatic carbocycles. The fourth-order valence-corrected chi connectivity index (χ4v) is 1.51. The van der Waals surface area contributed by atoms with Gasteiger partial charge in [0.1, 0.15) is 0 Å². The van der Waals surface area contributed by atoms with Gasteiger partial charge in [-0.05, 0) is 30.7 Å². The van der Waals surface area contributed by atoms with Crippen molar-refractivity contribution in [2.24, 2.45) is 0 Å². The van der Waals surface area contributed by atoms with Crippen LogP contribution in [0.4, 0.5) is 17.2 Å². The molecular weight excluding hydrogens is 224 g/mol. The Morgan fingerprint density at radius 3 is 2.56 bits per heavy atom. The van der Waals surface area contributed by atoms with E-state index in [4.69, 9.17) is 17.3 Å². The van der Waals surface area contributed by atoms with Gasteiger partial charge in [-0.2, -0.15) is 4.98 Å². The van der Waals surface area contributed by atoms with Crippen molar-refractivity contribution in [2.75, 3.05) is 11.1 Å². The maximum atomic E-state index is 5.85. The molecule has 5 heteroatoms. The first-order valence-corrected chi connectivity index (χ1v) is 5.16. The van der Waals surface area contributed by atoms with E-state index in [2.05, 4.69) is 15.3 Å². The van der Waals surface area contributed by atoms with Crippen molar-refractivity contribution in [2.45, 2.75) is 6.92 Å². The number of anilines is 3. The molecule has 0 aliphatic carbocycles. The Bertz CT molecular complexity index is 499. The van der Waals surface area contributed by atoms with Crippen LogP contribution >= 0.6 is 11.6 Å². The summed E-state index contributed by atoms with van der Waals surface area (Å²) in [4.78, 5) is 8.01. The summed E-state index contributed by atoms with van der Waals surface area (Å²) in [5.41, 5.74) is 7.93. The third-order valence-corrected chi connectivity index (χ3v) is 2.31. The molecule has 16 heavy (non-hydrogen) atoms. The summed E-state index contributed by atoms with van der Waals surface area (Å²) in [5.74, 6) is 0.531. The molecule has 2 rings (SSSR count). The van der Waals surface area contributed by atoms with Crippen LogP contribution < -0.4 is 11.1 Å². The lowest BCUT2D eigenvalue weighted by Gasteiger charge is -2.09. The molecule has 0 fully saturated rings. The van der Waals surface area contributed by atoms with Crippen molar-refractivity contribution in [3.8, 4) is 0 Å². The number of nitrogen functional groups attached to an aromatic ring is 1. The van der Waals surface area contributed by atoms with Gasteiger partial charge in [0.2, 0.25) is 5.28 Å². The number of hydrogen-bond donors (Lipinski definition) is 2. The molecule has 82 valence electrons. The van der Waals surface area contributed by atoms with Gasteiger partial charge in [0.05, 0.1) is 11.4 Å². The Morgan fingerprint density at radius 2 is 1.88 bits per heavy atom. The Morgan fingerprint density at radius 1 is 1.19 bits per heavy atom. The zero-order chi connectivity index (χ0) is 11.5. The minimum atomic E-state index is 0.185. The standard InChI is InChI=1S/C11H11ClN4/c1-7-9(13)10(16-11(12)14-7)15-8-5-3-2-4-6-8/h2-6H,13H2,1H3,(H,14,15,16). The van der Waals surface area contributed by atoms with Crippen LogP contribution in [0.5, 0.6) is 0 Å². The minimum Gasteiger partial charge on any atom is -0.394 e. The molecule has 0 unspecified atom stereocenters. The number of aryl methyl sites for hydroxylation is 1. The summed E-state index contributed by atoms with van der Waals surface area (Å²) in [6.45, 7) is 1.79. The van der Waals surface area contributed by atoms with Gasteiger partial charge in [-0.3, -0.25) is 0 Å². The molecule has 2 aromatic rings. The van der Waals surface area contributed by atoms with Gasteiger partial charge in [-0.15, -0.1) is 0 Å². The van der Waals surface area contributed by atoms with E-state index in [-0.39, 0.29) is 5.28 Å². The van der Waals surface area contributed by atoms with Crippen molar-refractivity contribution >= 4 is 28.8 Å². The van der Waals surface area contributed by atoms with Crippen molar-refractivity contribution in [3.05, 3.63) is 41.3 Å². The molecule has 0 aliphatic heterocycles. The van der Waals surface area contributed by atoms with Crippen molar-refractivity contribution in [1.29, 1.82) is 0 Å². The molecule has 0 atom stereocenters. The van der Waals surface area contributed by atoms with Crippen LogP contribution in [0.1, 0.15) is 5.69 Å². The third kappa shape index (κ3) is 2.23. The lowest BCUT2D eigenvalue weighted by Crippen LogP contribution is -2.03. The maximum absolute atomic E-state index is 5.85. The highest BCUT2D eigenvalue weighted by atomic mass is 35.5. The van der Waals surface area contributed by atoms with Crippen LogP contribution in [0.15, 0.2) is 30.3 Å². The summed E-state index contributed by atoms with van der Waals surface area (Å²) in [6.07, 6.45) is 0. The molecule has 0 amide bonds. The maximum Gasteiger partial charge on any atom is 0.224 e. The highest BCUT2D eigenvalue weighted by Gasteiger charge is 2.07. The van der Waals surface area contributed by atoms with Gasteiger partial charge in [0.15, 0.2) is 5.82 Å². The lowest BCUT2D eigenvalue weighted by molar-refractivity contribution is 1.11. The molecule has 0 spiro atoms. The van der Waals surface area contributed by atoms with Crippen molar-refractivity contribution in [1.82, 2.24) is 9.97 Å². The van der Waals surface area contributed by atoms with Gasteiger partial charge in [-0.1, -0.05) is 18.2 Å². The Hall–Kier alpha value is -1.81. The molecule has 3 N–H and O–H groups in total. The third-order valence-electron chi connectivity index (χ3n) is 2.15. The summed E-state index contributed by atoms with van der Waals surface area (Å²) >= 11 is 5.77. The fraction of sp³-hybridized carbons (Fsp3) is 0.0909. The zero-order valence-corrected chi connectivity index (χ0v) is 9.49. The summed E-state index contributed by atoms with van der Waals surface area (Å²) in [5, 5.41) is 3.28. The number of nitrogens with two attached hydrogens (primary N) is 1. The van der Waals surface area contributed by atoms with Gasteiger partial charge in [0, 0.05) is 5.69 Å². The van der Waals surface area contributed by atoms with Gasteiger partial charge in [-0.25, -0.2) is 4.98 Å². The molecular formula is C11H11ClN4. The van der Waals surface area contributed by atoms with Crippen LogP contribution in [-0.2, 0) is 0 Å². The highest BCUT2D eigenvalue weighted by Crippen LogP contribution is 2.23. The molecule has 1 heterocycles. The first kappa shape index (κ1) is 10.7. The number of nitrogens with zero attached hydrogens (tertiary/aromatic N) is 2. The Kier molecular flexibility index (Phi) is 2.92. The Labute approximate surface area is 98.5 Å². The predicted molar refractivity (Wildman–Crippen MR) is 65.9 cm³/mol. The molecule has 0 saturated carbocycles. The SMILES string of the molecule is Cc1nc(Cl)nc(Nc2ccccc2)c1N. The molecule has 0 bridgehead atoms. The largest absolute Gasteiger partial charge is 0.394 e. The van der Waals surface area contributed by atoms with E-state index < -0.39 is 0 Å². The van der Waals surface area contributed by atoms with E-state index in [1.54, 1.807) is 6.92 Å². The number of aromatic nitrogens is 2. The van der Waals surface area contributed by atoms with E-state index in [1.165, 1.54) is 0 Å². The normalized spacial score (nSPS) is 10.1. The van der Waals surface area contributed by atoms with E-state index in [1.807, 2.05) is 30.3 Å². The predicted octanol–water partition coefficient (Wildman–Crippen LogP) is 2.76. The summed E-state index contributed by atoms with van der Waals surface area (Å²) in [7, 11) is 0. The molecule has 0 radical (unpaired) electrons. The van der Waals surface area contributed by atoms with Crippen LogP contribution in [0.25, 0.3) is 0 Å². The van der Waals surface area contributed by atoms with Crippen molar-refractivity contribution < 1.29 is 0 Å². The molecule has 0 aliphatic rings. The monoisotopic (exact) mass is 234 g/mol. The number of halogens is 1. The van der Waals surface area contributed by atoms with Crippen LogP contribution in [0, 0.1) is 6.92 Å². The average molecular weight is 235 g/mol. The first-order chi connectivity index (χ1) is 7.66. The molecule has 0 saturated heterocycles. The summed E-state index contributed by atoms with van der Waals surface area (Å²) < 4.78 is 0. The molecule has 1 aromatic heterocycles. The van der Waals surface area contributed by atoms with Gasteiger partial charge in [0.25, 0.3) is 0 Å². The number of hydrogen-bond acceptors (Lipinski definition) is 4. The Balaban J connectivity index is 2.35. The summed E-state index contributed by atoms with van der Waals surface area (Å²) in [6, 6.07) is 9.63. The zero-order valence-electron chi connectivity index (χ0n) is 8.74. The van der Waals surface area contributed by atoms with Crippen LogP contribution in [-0.4, -0.2) is 9.97 Å². The van der Waals surface area contributed by atoms with E-state index in [0.717, 1.165) is 5.69 Å². The van der Waals surface area contributed by atoms with E-state index in [9.17, 15) is 0 Å². The molecule has 4 nitrogen and oxygen atoms in total. The average Bonchev–Trinajstić information content (AvgIpc) is 2.27. The first-order valence-electron chi connectivity index (χ1n) is 4.78. The lowest BCUT2D eigenvalue weighted by atomic mass is 10.3. The number of rotatable bonds is 2. The number of para-hydroxylation sites is 1. The smallest absolute Gasteiger partial charge is 0.224 e. The minimum absolute atomic E-state index is 0.185. The second-order valence-corrected chi connectivity index (χ2v) is 3.67. The van der Waals surface area contributed by atoms with Gasteiger partial charge >= 0.3 is 0 Å². The van der Waals surface area contributed by atoms with Crippen LogP contribution in [0.2, 0.25) is 5.28 Å². The van der Waals surface area contributed by atoms with E-state index >= 15 is 0 Å². The number of benzene rings is 1. The fourth-order valence-electron chi connectivity index (χ4n) is 1.30. The number of nitrogens with one attached hydrogen (secondary N) is 1. The second kappa shape index (κ2) is 4.37. The van der Waals surface area contributed by atoms with E-state index in [0.29, 0.717) is 17.2 Å².